The lowest BCUT2D eigenvalue weighted by Gasteiger charge is -2.09. The maximum atomic E-state index is 11.6. The molecule has 0 radical (unpaired) electrons. The first-order chi connectivity index (χ1) is 13.5. The molecule has 0 amide bonds. The number of hydrogen-bond acceptors (Lipinski definition) is 8. The Hall–Kier alpha value is -3.25. The largest absolute Gasteiger partial charge is 0.488 e. The molecule has 0 saturated heterocycles. The van der Waals surface area contributed by atoms with Crippen molar-refractivity contribution in [3.8, 4) is 17.6 Å². The summed E-state index contributed by atoms with van der Waals surface area (Å²) in [5.41, 5.74) is 1.42. The third-order valence-electron chi connectivity index (χ3n) is 4.35. The van der Waals surface area contributed by atoms with Crippen LogP contribution in [0.2, 0.25) is 0 Å². The van der Waals surface area contributed by atoms with E-state index in [0.29, 0.717) is 10.6 Å². The maximum absolute atomic E-state index is 11.6. The van der Waals surface area contributed by atoms with Gasteiger partial charge in [0.25, 0.3) is 0 Å². The fraction of sp³-hybridized carbons (Fsp3) is 0.316. The van der Waals surface area contributed by atoms with Gasteiger partial charge in [0.15, 0.2) is 5.75 Å². The van der Waals surface area contributed by atoms with Gasteiger partial charge in [-0.15, -0.1) is 11.3 Å². The predicted octanol–water partition coefficient (Wildman–Crippen LogP) is 4.09. The third kappa shape index (κ3) is 3.73. The molecule has 0 spiro atoms. The summed E-state index contributed by atoms with van der Waals surface area (Å²) < 4.78 is 10.1. The SMILES string of the molecule is COc1c(OC(C)=O)ccc(C=Nc2sc3c(c2C#N)CCCC3)c1[N+](=O)[O-]. The average molecular weight is 399 g/mol. The summed E-state index contributed by atoms with van der Waals surface area (Å²) in [7, 11) is 1.26. The third-order valence-corrected chi connectivity index (χ3v) is 5.55. The summed E-state index contributed by atoms with van der Waals surface area (Å²) in [5, 5.41) is 21.7. The van der Waals surface area contributed by atoms with Crippen LogP contribution < -0.4 is 9.47 Å². The van der Waals surface area contributed by atoms with Crippen molar-refractivity contribution >= 4 is 34.2 Å². The summed E-state index contributed by atoms with van der Waals surface area (Å²) in [6, 6.07) is 5.06. The minimum Gasteiger partial charge on any atom is -0.488 e. The second kappa shape index (κ2) is 8.19. The van der Waals surface area contributed by atoms with Crippen LogP contribution in [0.4, 0.5) is 10.7 Å². The minimum absolute atomic E-state index is 0.0387. The summed E-state index contributed by atoms with van der Waals surface area (Å²) >= 11 is 1.45. The first kappa shape index (κ1) is 19.5. The molecule has 1 aliphatic rings. The lowest BCUT2D eigenvalue weighted by Crippen LogP contribution is -2.06. The molecule has 2 aromatic rings. The van der Waals surface area contributed by atoms with Gasteiger partial charge in [-0.05, 0) is 43.4 Å². The Morgan fingerprint density at radius 2 is 2.14 bits per heavy atom. The molecule has 1 heterocycles. The van der Waals surface area contributed by atoms with Crippen LogP contribution in [-0.4, -0.2) is 24.2 Å². The van der Waals surface area contributed by atoms with Crippen molar-refractivity contribution in [2.75, 3.05) is 7.11 Å². The van der Waals surface area contributed by atoms with Gasteiger partial charge in [0.1, 0.15) is 11.1 Å². The Kier molecular flexibility index (Phi) is 5.70. The van der Waals surface area contributed by atoms with Crippen LogP contribution >= 0.6 is 11.3 Å². The number of aliphatic imine (C=N–C) groups is 1. The molecule has 1 aromatic heterocycles. The van der Waals surface area contributed by atoms with Gasteiger partial charge in [-0.25, -0.2) is 4.99 Å². The second-order valence-electron chi connectivity index (χ2n) is 6.15. The smallest absolute Gasteiger partial charge is 0.323 e. The molecule has 0 aliphatic heterocycles. The van der Waals surface area contributed by atoms with Crippen molar-refractivity contribution < 1.29 is 19.2 Å². The molecule has 1 aliphatic carbocycles. The zero-order valence-corrected chi connectivity index (χ0v) is 16.2. The van der Waals surface area contributed by atoms with E-state index in [0.717, 1.165) is 36.1 Å². The number of nitro benzene ring substituents is 1. The molecule has 0 saturated carbocycles. The zero-order valence-electron chi connectivity index (χ0n) is 15.4. The van der Waals surface area contributed by atoms with Gasteiger partial charge in [0.05, 0.1) is 23.2 Å². The first-order valence-electron chi connectivity index (χ1n) is 8.58. The highest BCUT2D eigenvalue weighted by Crippen LogP contribution is 2.41. The normalized spacial score (nSPS) is 13.0. The number of rotatable bonds is 5. The number of hydrogen-bond donors (Lipinski definition) is 0. The van der Waals surface area contributed by atoms with Gasteiger partial charge < -0.3 is 9.47 Å². The Bertz CT molecular complexity index is 1020. The molecule has 144 valence electrons. The number of nitro groups is 1. The molecule has 0 fully saturated rings. The monoisotopic (exact) mass is 399 g/mol. The highest BCUT2D eigenvalue weighted by Gasteiger charge is 2.26. The molecule has 28 heavy (non-hydrogen) atoms. The van der Waals surface area contributed by atoms with Crippen molar-refractivity contribution in [1.29, 1.82) is 5.26 Å². The van der Waals surface area contributed by atoms with Gasteiger partial charge >= 0.3 is 11.7 Å². The summed E-state index contributed by atoms with van der Waals surface area (Å²) in [6.45, 7) is 1.20. The number of esters is 1. The van der Waals surface area contributed by atoms with Crippen LogP contribution in [-0.2, 0) is 17.6 Å². The van der Waals surface area contributed by atoms with Gasteiger partial charge in [0.2, 0.25) is 5.75 Å². The van der Waals surface area contributed by atoms with Crippen LogP contribution in [0.3, 0.4) is 0 Å². The number of benzene rings is 1. The van der Waals surface area contributed by atoms with Gasteiger partial charge in [-0.2, -0.15) is 5.26 Å². The molecular formula is C19H17N3O5S. The van der Waals surface area contributed by atoms with Crippen molar-refractivity contribution in [3.05, 3.63) is 43.8 Å². The number of thiophene rings is 1. The van der Waals surface area contributed by atoms with Gasteiger partial charge in [0, 0.05) is 18.0 Å². The van der Waals surface area contributed by atoms with E-state index in [1.54, 1.807) is 0 Å². The highest BCUT2D eigenvalue weighted by atomic mass is 32.1. The number of carbonyl (C=O) groups excluding carboxylic acids is 1. The Labute approximate surface area is 165 Å². The van der Waals surface area contributed by atoms with E-state index in [4.69, 9.17) is 9.47 Å². The second-order valence-corrected chi connectivity index (χ2v) is 7.23. The molecule has 0 bridgehead atoms. The first-order valence-corrected chi connectivity index (χ1v) is 9.40. The maximum Gasteiger partial charge on any atom is 0.323 e. The Morgan fingerprint density at radius 1 is 1.39 bits per heavy atom. The molecule has 0 N–H and O–H groups in total. The fourth-order valence-corrected chi connectivity index (χ4v) is 4.36. The van der Waals surface area contributed by atoms with Crippen LogP contribution in [0, 0.1) is 21.4 Å². The number of nitrogens with zero attached hydrogens (tertiary/aromatic N) is 3. The number of methoxy groups -OCH3 is 1. The van der Waals surface area contributed by atoms with Gasteiger partial charge in [-0.1, -0.05) is 0 Å². The van der Waals surface area contributed by atoms with E-state index < -0.39 is 10.9 Å². The van der Waals surface area contributed by atoms with E-state index in [-0.39, 0.29) is 22.7 Å². The van der Waals surface area contributed by atoms with E-state index in [1.165, 1.54) is 43.7 Å². The molecule has 1 aromatic carbocycles. The van der Waals surface area contributed by atoms with Crippen LogP contribution in [0.5, 0.6) is 11.5 Å². The van der Waals surface area contributed by atoms with Crippen molar-refractivity contribution in [1.82, 2.24) is 0 Å². The molecule has 0 unspecified atom stereocenters. The molecule has 9 heteroatoms. The van der Waals surface area contributed by atoms with E-state index in [1.807, 2.05) is 0 Å². The fourth-order valence-electron chi connectivity index (χ4n) is 3.18. The molecule has 8 nitrogen and oxygen atoms in total. The highest BCUT2D eigenvalue weighted by molar-refractivity contribution is 7.16. The van der Waals surface area contributed by atoms with E-state index in [9.17, 15) is 20.2 Å². The lowest BCUT2D eigenvalue weighted by molar-refractivity contribution is -0.385. The minimum atomic E-state index is -0.614. The number of aryl methyl sites for hydroxylation is 1. The summed E-state index contributed by atoms with van der Waals surface area (Å²) in [6.07, 6.45) is 5.25. The lowest BCUT2D eigenvalue weighted by atomic mass is 9.96. The van der Waals surface area contributed by atoms with E-state index >= 15 is 0 Å². The molecule has 3 rings (SSSR count). The number of nitriles is 1. The Balaban J connectivity index is 2.05. The van der Waals surface area contributed by atoms with Crippen molar-refractivity contribution in [3.63, 3.8) is 0 Å². The van der Waals surface area contributed by atoms with Crippen LogP contribution in [0.25, 0.3) is 0 Å². The van der Waals surface area contributed by atoms with Crippen LogP contribution in [0.1, 0.15) is 41.3 Å². The number of fused-ring (bicyclic) bond motifs is 1. The number of carbonyl (C=O) groups is 1. The number of ether oxygens (including phenoxy) is 2. The standard InChI is InChI=1S/C19H17N3O5S/c1-11(23)27-15-8-7-12(17(22(24)25)18(15)26-2)10-21-19-14(9-20)13-5-3-4-6-16(13)28-19/h7-8,10H,3-6H2,1-2H3. The average Bonchev–Trinajstić information content (AvgIpc) is 3.03. The predicted molar refractivity (Wildman–Crippen MR) is 104 cm³/mol. The van der Waals surface area contributed by atoms with Crippen LogP contribution in [0.15, 0.2) is 17.1 Å². The van der Waals surface area contributed by atoms with Gasteiger partial charge in [-0.3, -0.25) is 14.9 Å². The topological polar surface area (TPSA) is 115 Å². The molecule has 0 atom stereocenters. The quantitative estimate of drug-likeness (QED) is 0.246. The zero-order chi connectivity index (χ0) is 20.3. The van der Waals surface area contributed by atoms with Crippen molar-refractivity contribution in [2.45, 2.75) is 32.6 Å². The molecular weight excluding hydrogens is 382 g/mol. The van der Waals surface area contributed by atoms with E-state index in [2.05, 4.69) is 11.1 Å². The Morgan fingerprint density at radius 3 is 2.79 bits per heavy atom. The summed E-state index contributed by atoms with van der Waals surface area (Å²) in [4.78, 5) is 27.7. The van der Waals surface area contributed by atoms with Crippen molar-refractivity contribution in [2.24, 2.45) is 4.99 Å². The summed E-state index contributed by atoms with van der Waals surface area (Å²) in [5.74, 6) is -0.810.